The van der Waals surface area contributed by atoms with E-state index in [1.165, 1.54) is 44.9 Å². The third-order valence-electron chi connectivity index (χ3n) is 2.96. The van der Waals surface area contributed by atoms with E-state index in [1.807, 2.05) is 6.92 Å². The third kappa shape index (κ3) is 10.2. The first-order valence-corrected chi connectivity index (χ1v) is 6.62. The molecule has 0 amide bonds. The van der Waals surface area contributed by atoms with Gasteiger partial charge in [0, 0.05) is 6.04 Å². The molecule has 0 radical (unpaired) electrons. The van der Waals surface area contributed by atoms with Crippen LogP contribution in [0.5, 0.6) is 0 Å². The molecule has 2 heteroatoms. The molecule has 0 heterocycles. The molecule has 0 aromatic rings. The van der Waals surface area contributed by atoms with E-state index in [-0.39, 0.29) is 12.1 Å². The zero-order valence-electron chi connectivity index (χ0n) is 10.5. The van der Waals surface area contributed by atoms with Crippen molar-refractivity contribution in [2.75, 3.05) is 0 Å². The summed E-state index contributed by atoms with van der Waals surface area (Å²) in [6.45, 7) is 4.12. The Kier molecular flexibility index (Phi) is 10.4. The Hall–Kier alpha value is -0.0800. The van der Waals surface area contributed by atoms with Crippen molar-refractivity contribution in [3.63, 3.8) is 0 Å². The molecule has 2 nitrogen and oxygen atoms in total. The van der Waals surface area contributed by atoms with Crippen LogP contribution in [0.25, 0.3) is 0 Å². The predicted octanol–water partition coefficient (Wildman–Crippen LogP) is 3.23. The van der Waals surface area contributed by atoms with Crippen molar-refractivity contribution < 1.29 is 5.11 Å². The second kappa shape index (κ2) is 10.4. The van der Waals surface area contributed by atoms with Crippen molar-refractivity contribution in [2.24, 2.45) is 5.73 Å². The lowest BCUT2D eigenvalue weighted by Crippen LogP contribution is -2.31. The minimum Gasteiger partial charge on any atom is -0.392 e. The van der Waals surface area contributed by atoms with Gasteiger partial charge in [0.2, 0.25) is 0 Å². The van der Waals surface area contributed by atoms with Gasteiger partial charge < -0.3 is 10.8 Å². The number of aliphatic hydroxyl groups excluding tert-OH is 1. The molecule has 0 saturated heterocycles. The van der Waals surface area contributed by atoms with E-state index in [2.05, 4.69) is 6.92 Å². The van der Waals surface area contributed by atoms with Crippen LogP contribution in [-0.2, 0) is 0 Å². The van der Waals surface area contributed by atoms with Gasteiger partial charge in [-0.2, -0.15) is 0 Å². The van der Waals surface area contributed by atoms with Gasteiger partial charge in [-0.3, -0.25) is 0 Å². The molecular weight excluding hydrogens is 186 g/mol. The highest BCUT2D eigenvalue weighted by atomic mass is 16.3. The van der Waals surface area contributed by atoms with E-state index >= 15 is 0 Å². The van der Waals surface area contributed by atoms with Crippen molar-refractivity contribution in [3.8, 4) is 0 Å². The second-order valence-corrected chi connectivity index (χ2v) is 4.69. The lowest BCUT2D eigenvalue weighted by molar-refractivity contribution is 0.138. The molecule has 92 valence electrons. The summed E-state index contributed by atoms with van der Waals surface area (Å²) in [6, 6.07) is -0.0745. The number of unbranched alkanes of at least 4 members (excludes halogenated alkanes) is 7. The Labute approximate surface area is 95.3 Å². The van der Waals surface area contributed by atoms with Crippen LogP contribution in [0.2, 0.25) is 0 Å². The normalized spacial score (nSPS) is 15.2. The fourth-order valence-electron chi connectivity index (χ4n) is 1.75. The molecule has 15 heavy (non-hydrogen) atoms. The molecule has 0 fully saturated rings. The van der Waals surface area contributed by atoms with Gasteiger partial charge in [0.1, 0.15) is 0 Å². The number of rotatable bonds is 10. The van der Waals surface area contributed by atoms with Gasteiger partial charge >= 0.3 is 0 Å². The maximum absolute atomic E-state index is 9.47. The molecule has 0 saturated carbocycles. The highest BCUT2D eigenvalue weighted by molar-refractivity contribution is 4.65. The first-order valence-electron chi connectivity index (χ1n) is 6.62. The van der Waals surface area contributed by atoms with Gasteiger partial charge in [0.15, 0.2) is 0 Å². The Morgan fingerprint density at radius 2 is 1.40 bits per heavy atom. The maximum atomic E-state index is 9.47. The molecule has 0 unspecified atom stereocenters. The van der Waals surface area contributed by atoms with Crippen LogP contribution in [0.3, 0.4) is 0 Å². The third-order valence-corrected chi connectivity index (χ3v) is 2.96. The molecule has 0 aromatic carbocycles. The van der Waals surface area contributed by atoms with E-state index in [9.17, 15) is 5.11 Å². The predicted molar refractivity (Wildman–Crippen MR) is 66.9 cm³/mol. The number of hydrogen-bond acceptors (Lipinski definition) is 2. The van der Waals surface area contributed by atoms with E-state index in [0.29, 0.717) is 0 Å². The molecule has 0 spiro atoms. The fraction of sp³-hybridized carbons (Fsp3) is 1.00. The smallest absolute Gasteiger partial charge is 0.0688 e. The zero-order valence-corrected chi connectivity index (χ0v) is 10.5. The van der Waals surface area contributed by atoms with Crippen molar-refractivity contribution in [2.45, 2.75) is 83.8 Å². The minimum absolute atomic E-state index is 0.0745. The lowest BCUT2D eigenvalue weighted by Gasteiger charge is -2.13. The molecule has 0 aromatic heterocycles. The summed E-state index contributed by atoms with van der Waals surface area (Å²) in [4.78, 5) is 0. The van der Waals surface area contributed by atoms with Gasteiger partial charge in [-0.1, -0.05) is 58.3 Å². The van der Waals surface area contributed by atoms with Gasteiger partial charge in [0.25, 0.3) is 0 Å². The maximum Gasteiger partial charge on any atom is 0.0688 e. The Balaban J connectivity index is 3.05. The van der Waals surface area contributed by atoms with Gasteiger partial charge in [0.05, 0.1) is 6.10 Å². The summed E-state index contributed by atoms with van der Waals surface area (Å²) >= 11 is 0. The summed E-state index contributed by atoms with van der Waals surface area (Å²) in [5.74, 6) is 0. The van der Waals surface area contributed by atoms with Crippen LogP contribution in [0.1, 0.15) is 71.6 Å². The Bertz CT molecular complexity index is 126. The largest absolute Gasteiger partial charge is 0.392 e. The van der Waals surface area contributed by atoms with Gasteiger partial charge in [-0.05, 0) is 13.3 Å². The second-order valence-electron chi connectivity index (χ2n) is 4.69. The van der Waals surface area contributed by atoms with Crippen molar-refractivity contribution in [3.05, 3.63) is 0 Å². The van der Waals surface area contributed by atoms with Crippen LogP contribution < -0.4 is 5.73 Å². The first-order chi connectivity index (χ1) is 7.18. The summed E-state index contributed by atoms with van der Waals surface area (Å²) in [7, 11) is 0. The summed E-state index contributed by atoms with van der Waals surface area (Å²) in [5.41, 5.74) is 5.58. The summed E-state index contributed by atoms with van der Waals surface area (Å²) < 4.78 is 0. The molecule has 0 aliphatic carbocycles. The first kappa shape index (κ1) is 14.9. The van der Waals surface area contributed by atoms with Crippen LogP contribution in [0, 0.1) is 0 Å². The Morgan fingerprint density at radius 3 is 1.87 bits per heavy atom. The average Bonchev–Trinajstić information content (AvgIpc) is 2.21. The molecule has 0 bridgehead atoms. The quantitative estimate of drug-likeness (QED) is 0.550. The fourth-order valence-corrected chi connectivity index (χ4v) is 1.75. The van der Waals surface area contributed by atoms with Crippen LogP contribution >= 0.6 is 0 Å². The van der Waals surface area contributed by atoms with E-state index < -0.39 is 0 Å². The van der Waals surface area contributed by atoms with Crippen LogP contribution in [0.4, 0.5) is 0 Å². The lowest BCUT2D eigenvalue weighted by atomic mass is 10.0. The number of aliphatic hydroxyl groups is 1. The molecule has 0 rings (SSSR count). The van der Waals surface area contributed by atoms with Gasteiger partial charge in [-0.25, -0.2) is 0 Å². The van der Waals surface area contributed by atoms with Gasteiger partial charge in [-0.15, -0.1) is 0 Å². The number of nitrogens with two attached hydrogens (primary N) is 1. The van der Waals surface area contributed by atoms with E-state index in [0.717, 1.165) is 12.8 Å². The highest BCUT2D eigenvalue weighted by Gasteiger charge is 2.07. The minimum atomic E-state index is -0.301. The van der Waals surface area contributed by atoms with E-state index in [1.54, 1.807) is 0 Å². The summed E-state index contributed by atoms with van der Waals surface area (Å²) in [5, 5.41) is 9.47. The molecular formula is C13H29NO. The monoisotopic (exact) mass is 215 g/mol. The summed E-state index contributed by atoms with van der Waals surface area (Å²) in [6.07, 6.45) is 11.1. The van der Waals surface area contributed by atoms with Crippen LogP contribution in [0.15, 0.2) is 0 Å². The standard InChI is InChI=1S/C13H29NO/c1-3-4-5-6-7-8-9-10-11-13(15)12(2)14/h12-13,15H,3-11,14H2,1-2H3/t12-,13-/m0/s1. The number of hydrogen-bond donors (Lipinski definition) is 2. The molecule has 0 aliphatic rings. The Morgan fingerprint density at radius 1 is 0.933 bits per heavy atom. The average molecular weight is 215 g/mol. The zero-order chi connectivity index (χ0) is 11.5. The molecule has 3 N–H and O–H groups in total. The molecule has 0 aliphatic heterocycles. The molecule has 2 atom stereocenters. The van der Waals surface area contributed by atoms with Crippen molar-refractivity contribution in [1.82, 2.24) is 0 Å². The van der Waals surface area contributed by atoms with Crippen LogP contribution in [-0.4, -0.2) is 17.3 Å². The van der Waals surface area contributed by atoms with Crippen molar-refractivity contribution in [1.29, 1.82) is 0 Å². The SMILES string of the molecule is CCCCCCCCCC[C@H](O)[C@H](C)N. The topological polar surface area (TPSA) is 46.2 Å². The highest BCUT2D eigenvalue weighted by Crippen LogP contribution is 2.11. The van der Waals surface area contributed by atoms with Crippen molar-refractivity contribution >= 4 is 0 Å². The van der Waals surface area contributed by atoms with E-state index in [4.69, 9.17) is 5.73 Å².